The van der Waals surface area contributed by atoms with Crippen LogP contribution in [0.25, 0.3) is 33.5 Å². The summed E-state index contributed by atoms with van der Waals surface area (Å²) in [7, 11) is 1.51. The molecule has 5 aromatic rings. The van der Waals surface area contributed by atoms with Crippen molar-refractivity contribution in [3.63, 3.8) is 0 Å². The molecule has 246 valence electrons. The van der Waals surface area contributed by atoms with Gasteiger partial charge in [-0.25, -0.2) is 18.7 Å². The molecule has 0 saturated carbocycles. The van der Waals surface area contributed by atoms with Crippen molar-refractivity contribution in [2.24, 2.45) is 0 Å². The number of nitrogens with zero attached hydrogens (tertiary/aromatic N) is 6. The molecule has 3 aromatic carbocycles. The van der Waals surface area contributed by atoms with E-state index in [9.17, 15) is 14.0 Å². The molecule has 4 heterocycles. The average Bonchev–Trinajstić information content (AvgIpc) is 3.74. The molecule has 2 aliphatic rings. The Balaban J connectivity index is 0.947. The molecule has 48 heavy (non-hydrogen) atoms. The number of carbonyl (C=O) groups excluding carboxylic acids is 2. The van der Waals surface area contributed by atoms with E-state index < -0.39 is 5.60 Å². The van der Waals surface area contributed by atoms with Gasteiger partial charge in [0.1, 0.15) is 11.6 Å². The number of aromatic nitrogens is 4. The number of likely N-dealkylation sites (tertiary alicyclic amines) is 1. The van der Waals surface area contributed by atoms with Crippen molar-refractivity contribution in [3.05, 3.63) is 90.8 Å². The number of fused-ring (bicyclic) bond motifs is 1. The molecule has 2 N–H and O–H groups in total. The van der Waals surface area contributed by atoms with E-state index in [1.807, 2.05) is 21.9 Å². The van der Waals surface area contributed by atoms with Gasteiger partial charge in [0.05, 0.1) is 23.4 Å². The largest absolute Gasteiger partial charge is 0.367 e. The lowest BCUT2D eigenvalue weighted by atomic mass is 10.0. The summed E-state index contributed by atoms with van der Waals surface area (Å²) in [6.07, 6.45) is 3.66. The quantitative estimate of drug-likeness (QED) is 0.254. The maximum Gasteiger partial charge on any atom is 0.258 e. The van der Waals surface area contributed by atoms with E-state index in [0.29, 0.717) is 67.6 Å². The second-order valence-corrected chi connectivity index (χ2v) is 12.1. The fourth-order valence-electron chi connectivity index (χ4n) is 6.44. The summed E-state index contributed by atoms with van der Waals surface area (Å²) in [5.74, 6) is -0.572. The van der Waals surface area contributed by atoms with Crippen LogP contribution in [0.1, 0.15) is 6.42 Å². The highest BCUT2D eigenvalue weighted by atomic mass is 19.1. The normalized spacial score (nSPS) is 18.4. The molecule has 1 atom stereocenters. The lowest BCUT2D eigenvalue weighted by Crippen LogP contribution is -2.52. The smallest absolute Gasteiger partial charge is 0.258 e. The van der Waals surface area contributed by atoms with Gasteiger partial charge in [-0.1, -0.05) is 0 Å². The zero-order valence-corrected chi connectivity index (χ0v) is 26.3. The lowest BCUT2D eigenvalue weighted by molar-refractivity contribution is -0.138. The first-order chi connectivity index (χ1) is 23.3. The Hall–Kier alpha value is -5.27. The van der Waals surface area contributed by atoms with E-state index in [1.165, 1.54) is 25.3 Å². The van der Waals surface area contributed by atoms with E-state index >= 15 is 4.39 Å². The predicted molar refractivity (Wildman–Crippen MR) is 177 cm³/mol. The van der Waals surface area contributed by atoms with Crippen molar-refractivity contribution in [1.82, 2.24) is 30.0 Å². The molecule has 2 saturated heterocycles. The number of benzene rings is 3. The van der Waals surface area contributed by atoms with Crippen molar-refractivity contribution in [1.29, 1.82) is 0 Å². The van der Waals surface area contributed by atoms with Gasteiger partial charge in [0.2, 0.25) is 5.91 Å². The van der Waals surface area contributed by atoms with Gasteiger partial charge >= 0.3 is 0 Å². The number of anilines is 2. The van der Waals surface area contributed by atoms with Gasteiger partial charge in [-0.3, -0.25) is 19.6 Å². The van der Waals surface area contributed by atoms with Gasteiger partial charge in [0, 0.05) is 81.0 Å². The van der Waals surface area contributed by atoms with Crippen LogP contribution in [0.3, 0.4) is 0 Å². The van der Waals surface area contributed by atoms with Gasteiger partial charge < -0.3 is 19.9 Å². The highest BCUT2D eigenvalue weighted by molar-refractivity contribution is 6.01. The zero-order valence-electron chi connectivity index (χ0n) is 26.3. The number of hydrogen-bond acceptors (Lipinski definition) is 8. The van der Waals surface area contributed by atoms with E-state index in [1.54, 1.807) is 53.7 Å². The van der Waals surface area contributed by atoms with Crippen LogP contribution >= 0.6 is 0 Å². The molecule has 1 unspecified atom stereocenters. The molecule has 0 radical (unpaired) electrons. The molecule has 2 aromatic heterocycles. The maximum absolute atomic E-state index is 15.1. The summed E-state index contributed by atoms with van der Waals surface area (Å²) in [5.41, 5.74) is 2.70. The first kappa shape index (κ1) is 31.3. The molecular formula is C35H34F2N8O3. The topological polar surface area (TPSA) is 120 Å². The summed E-state index contributed by atoms with van der Waals surface area (Å²) in [5, 5.41) is 11.1. The number of amides is 2. The number of ether oxygens (including phenoxy) is 1. The van der Waals surface area contributed by atoms with Gasteiger partial charge in [0.15, 0.2) is 11.4 Å². The second kappa shape index (κ2) is 13.1. The number of carbonyl (C=O) groups is 2. The summed E-state index contributed by atoms with van der Waals surface area (Å²) < 4.78 is 34.3. The summed E-state index contributed by atoms with van der Waals surface area (Å²) in [6.45, 7) is 2.85. The minimum Gasteiger partial charge on any atom is -0.367 e. The van der Waals surface area contributed by atoms with Gasteiger partial charge in [-0.2, -0.15) is 5.10 Å². The number of nitrogens with one attached hydrogen (secondary N) is 2. The fraction of sp³-hybridized carbons (Fsp3) is 0.286. The minimum absolute atomic E-state index is 0.0438. The third-order valence-corrected chi connectivity index (χ3v) is 9.16. The first-order valence-corrected chi connectivity index (χ1v) is 15.7. The number of methoxy groups -OCH3 is 1. The average molecular weight is 653 g/mol. The van der Waals surface area contributed by atoms with Crippen LogP contribution in [0.4, 0.5) is 20.2 Å². The highest BCUT2D eigenvalue weighted by Crippen LogP contribution is 2.31. The van der Waals surface area contributed by atoms with Crippen molar-refractivity contribution in [2.45, 2.75) is 12.0 Å². The Labute approximate surface area is 275 Å². The number of hydrogen-bond donors (Lipinski definition) is 2. The Bertz CT molecular complexity index is 1950. The van der Waals surface area contributed by atoms with Crippen molar-refractivity contribution in [2.75, 3.05) is 63.1 Å². The summed E-state index contributed by atoms with van der Waals surface area (Å²) >= 11 is 0. The summed E-state index contributed by atoms with van der Waals surface area (Å²) in [6, 6.07) is 18.2. The van der Waals surface area contributed by atoms with Crippen molar-refractivity contribution in [3.8, 4) is 22.6 Å². The van der Waals surface area contributed by atoms with E-state index in [4.69, 9.17) is 4.74 Å². The summed E-state index contributed by atoms with van der Waals surface area (Å²) in [4.78, 5) is 40.9. The van der Waals surface area contributed by atoms with E-state index in [0.717, 1.165) is 16.5 Å². The molecule has 11 nitrogen and oxygen atoms in total. The first-order valence-electron chi connectivity index (χ1n) is 15.7. The Morgan fingerprint density at radius 3 is 2.42 bits per heavy atom. The van der Waals surface area contributed by atoms with E-state index in [-0.39, 0.29) is 36.5 Å². The molecule has 7 rings (SSSR count). The lowest BCUT2D eigenvalue weighted by Gasteiger charge is -2.37. The molecule has 0 bridgehead atoms. The Morgan fingerprint density at radius 2 is 1.69 bits per heavy atom. The Kier molecular flexibility index (Phi) is 8.54. The van der Waals surface area contributed by atoms with Gasteiger partial charge in [-0.05, 0) is 73.2 Å². The molecular weight excluding hydrogens is 618 g/mol. The molecule has 2 fully saturated rings. The van der Waals surface area contributed by atoms with Gasteiger partial charge in [-0.15, -0.1) is 0 Å². The van der Waals surface area contributed by atoms with Crippen molar-refractivity contribution < 1.29 is 23.1 Å². The van der Waals surface area contributed by atoms with Crippen LogP contribution in [0, 0.1) is 11.6 Å². The fourth-order valence-corrected chi connectivity index (χ4v) is 6.44. The van der Waals surface area contributed by atoms with Crippen LogP contribution in [0.5, 0.6) is 0 Å². The third-order valence-electron chi connectivity index (χ3n) is 9.16. The van der Waals surface area contributed by atoms with Crippen LogP contribution in [-0.4, -0.2) is 100 Å². The molecule has 2 aliphatic heterocycles. The molecule has 0 spiro atoms. The molecule has 2 amide bonds. The number of rotatable bonds is 8. The third kappa shape index (κ3) is 6.21. The Morgan fingerprint density at radius 1 is 0.938 bits per heavy atom. The van der Waals surface area contributed by atoms with Crippen LogP contribution < -0.4 is 10.2 Å². The zero-order chi connectivity index (χ0) is 33.3. The van der Waals surface area contributed by atoms with E-state index in [2.05, 4.69) is 25.5 Å². The number of aromatic amines is 1. The predicted octanol–water partition coefficient (Wildman–Crippen LogP) is 4.34. The minimum atomic E-state index is -1.13. The standard InChI is InChI=1S/C35H34F2N8O3/c1-48-35(34(47)40-26-8-9-29-27(20-26)32(42-41-29)23-3-6-25(36)7-4-23)11-14-43(22-35)21-31(46)45-17-15-44(16-18-45)30-10-5-24(19-28(30)37)33-38-12-2-13-39-33/h2-10,12-13,19-20H,11,14-18,21-22H2,1H3,(H,40,47)(H,41,42). The van der Waals surface area contributed by atoms with Crippen LogP contribution in [0.15, 0.2) is 79.1 Å². The highest BCUT2D eigenvalue weighted by Gasteiger charge is 2.45. The number of piperazine rings is 1. The molecule has 13 heteroatoms. The van der Waals surface area contributed by atoms with Crippen molar-refractivity contribution >= 4 is 34.1 Å². The maximum atomic E-state index is 15.1. The monoisotopic (exact) mass is 652 g/mol. The van der Waals surface area contributed by atoms with Crippen LogP contribution in [0.2, 0.25) is 0 Å². The van der Waals surface area contributed by atoms with Gasteiger partial charge in [0.25, 0.3) is 5.91 Å². The number of halogens is 2. The second-order valence-electron chi connectivity index (χ2n) is 12.1. The number of H-pyrrole nitrogens is 1. The molecule has 0 aliphatic carbocycles. The SMILES string of the molecule is COC1(C(=O)Nc2ccc3[nH]nc(-c4ccc(F)cc4)c3c2)CCN(CC(=O)N2CCN(c3ccc(-c4ncccn4)cc3F)CC2)C1. The van der Waals surface area contributed by atoms with Crippen LogP contribution in [-0.2, 0) is 14.3 Å².